The van der Waals surface area contributed by atoms with Crippen LogP contribution >= 0.6 is 12.4 Å². The summed E-state index contributed by atoms with van der Waals surface area (Å²) in [6.07, 6.45) is 1.46. The number of halogens is 2. The van der Waals surface area contributed by atoms with Crippen LogP contribution in [0.2, 0.25) is 0 Å². The van der Waals surface area contributed by atoms with E-state index in [1.807, 2.05) is 0 Å². The van der Waals surface area contributed by atoms with Crippen molar-refractivity contribution in [2.75, 3.05) is 5.43 Å². The Labute approximate surface area is 63.8 Å². The third-order valence-corrected chi connectivity index (χ3v) is 0.895. The quantitative estimate of drug-likeness (QED) is 0.478. The fourth-order valence-electron chi connectivity index (χ4n) is 0.492. The van der Waals surface area contributed by atoms with E-state index in [9.17, 15) is 4.39 Å². The molecule has 0 fully saturated rings. The lowest BCUT2D eigenvalue weighted by molar-refractivity contribution is 0.625. The summed E-state index contributed by atoms with van der Waals surface area (Å²) in [5, 5.41) is 0. The minimum atomic E-state index is -0.444. The number of pyridine rings is 1. The Bertz CT molecular complexity index is 206. The molecule has 0 amide bonds. The van der Waals surface area contributed by atoms with E-state index in [0.29, 0.717) is 0 Å². The van der Waals surface area contributed by atoms with Crippen LogP contribution in [0.15, 0.2) is 18.3 Å². The fraction of sp³-hybridized carbons (Fsp3) is 0. The van der Waals surface area contributed by atoms with Crippen molar-refractivity contribution >= 4 is 18.2 Å². The highest BCUT2D eigenvalue weighted by molar-refractivity contribution is 5.85. The highest BCUT2D eigenvalue weighted by Gasteiger charge is 1.95. The molecule has 3 nitrogen and oxygen atoms in total. The van der Waals surface area contributed by atoms with Gasteiger partial charge in [-0.3, -0.25) is 0 Å². The highest BCUT2D eigenvalue weighted by atomic mass is 35.5. The average molecular weight is 164 g/mol. The molecule has 0 saturated heterocycles. The van der Waals surface area contributed by atoms with Gasteiger partial charge >= 0.3 is 0 Å². The number of nitrogens with zero attached hydrogens (tertiary/aromatic N) is 1. The molecule has 1 heterocycles. The first kappa shape index (κ1) is 9.13. The second-order valence-corrected chi connectivity index (χ2v) is 1.48. The summed E-state index contributed by atoms with van der Waals surface area (Å²) >= 11 is 0. The molecule has 0 aliphatic heterocycles. The van der Waals surface area contributed by atoms with Gasteiger partial charge in [0.25, 0.3) is 0 Å². The molecule has 10 heavy (non-hydrogen) atoms. The van der Waals surface area contributed by atoms with Crippen LogP contribution in [-0.2, 0) is 0 Å². The normalized spacial score (nSPS) is 8.20. The number of anilines is 1. The van der Waals surface area contributed by atoms with Crippen molar-refractivity contribution in [3.05, 3.63) is 24.1 Å². The van der Waals surface area contributed by atoms with Crippen molar-refractivity contribution in [1.29, 1.82) is 0 Å². The first-order valence-corrected chi connectivity index (χ1v) is 2.41. The largest absolute Gasteiger partial charge is 0.306 e. The number of hydrogen-bond donors (Lipinski definition) is 2. The summed E-state index contributed by atoms with van der Waals surface area (Å²) in [6.45, 7) is 0. The zero-order chi connectivity index (χ0) is 6.69. The van der Waals surface area contributed by atoms with Gasteiger partial charge in [0.05, 0.1) is 0 Å². The second-order valence-electron chi connectivity index (χ2n) is 1.48. The first-order chi connectivity index (χ1) is 4.34. The lowest BCUT2D eigenvalue weighted by atomic mass is 10.4. The number of nitrogens with two attached hydrogens (primary N) is 1. The van der Waals surface area contributed by atoms with Gasteiger partial charge in [0.2, 0.25) is 0 Å². The van der Waals surface area contributed by atoms with E-state index in [-0.39, 0.29) is 18.2 Å². The third-order valence-electron chi connectivity index (χ3n) is 0.895. The lowest BCUT2D eigenvalue weighted by Gasteiger charge is -1.96. The van der Waals surface area contributed by atoms with Gasteiger partial charge in [0.1, 0.15) is 0 Å². The second kappa shape index (κ2) is 4.03. The van der Waals surface area contributed by atoms with Gasteiger partial charge in [-0.2, -0.15) is 0 Å². The predicted molar refractivity (Wildman–Crippen MR) is 39.3 cm³/mol. The molecule has 0 radical (unpaired) electrons. The number of hydrazine groups is 1. The van der Waals surface area contributed by atoms with E-state index in [4.69, 9.17) is 5.84 Å². The predicted octanol–water partition coefficient (Wildman–Crippen LogP) is 0.928. The molecule has 0 aliphatic carbocycles. The zero-order valence-corrected chi connectivity index (χ0v) is 5.86. The van der Waals surface area contributed by atoms with Gasteiger partial charge in [-0.15, -0.1) is 12.4 Å². The van der Waals surface area contributed by atoms with Crippen molar-refractivity contribution in [3.63, 3.8) is 0 Å². The van der Waals surface area contributed by atoms with Gasteiger partial charge in [-0.05, 0) is 12.1 Å². The molecule has 1 rings (SSSR count). The minimum absolute atomic E-state index is 0. The van der Waals surface area contributed by atoms with E-state index in [1.54, 1.807) is 0 Å². The molecule has 0 atom stereocenters. The zero-order valence-electron chi connectivity index (χ0n) is 5.04. The maximum Gasteiger partial charge on any atom is 0.176 e. The highest BCUT2D eigenvalue weighted by Crippen LogP contribution is 2.04. The molecule has 56 valence electrons. The van der Waals surface area contributed by atoms with Gasteiger partial charge in [-0.1, -0.05) is 0 Å². The number of rotatable bonds is 1. The number of nitrogens with one attached hydrogen (secondary N) is 1. The third kappa shape index (κ3) is 1.82. The summed E-state index contributed by atoms with van der Waals surface area (Å²) in [6, 6.07) is 2.78. The van der Waals surface area contributed by atoms with E-state index in [0.717, 1.165) is 0 Å². The summed E-state index contributed by atoms with van der Waals surface area (Å²) < 4.78 is 12.4. The Morgan fingerprint density at radius 2 is 2.30 bits per heavy atom. The molecule has 1 aromatic rings. The van der Waals surface area contributed by atoms with Crippen LogP contribution in [0, 0.1) is 5.82 Å². The van der Waals surface area contributed by atoms with Crippen LogP contribution in [0.5, 0.6) is 0 Å². The molecule has 3 N–H and O–H groups in total. The van der Waals surface area contributed by atoms with E-state index in [2.05, 4.69) is 10.4 Å². The van der Waals surface area contributed by atoms with Crippen LogP contribution < -0.4 is 11.3 Å². The van der Waals surface area contributed by atoms with Gasteiger partial charge < -0.3 is 5.43 Å². The van der Waals surface area contributed by atoms with E-state index in [1.165, 1.54) is 18.3 Å². The Morgan fingerprint density at radius 1 is 1.60 bits per heavy atom. The molecule has 1 aromatic heterocycles. The molecule has 0 unspecified atom stereocenters. The van der Waals surface area contributed by atoms with Crippen LogP contribution in [0.1, 0.15) is 0 Å². The first-order valence-electron chi connectivity index (χ1n) is 2.41. The summed E-state index contributed by atoms with van der Waals surface area (Å²) in [4.78, 5) is 3.59. The number of hydrogen-bond acceptors (Lipinski definition) is 3. The topological polar surface area (TPSA) is 50.9 Å². The Kier molecular flexibility index (Phi) is 3.68. The molecule has 0 aliphatic rings. The Morgan fingerprint density at radius 3 is 2.70 bits per heavy atom. The molecular weight excluding hydrogens is 157 g/mol. The fourth-order valence-corrected chi connectivity index (χ4v) is 0.492. The van der Waals surface area contributed by atoms with Crippen molar-refractivity contribution in [2.45, 2.75) is 0 Å². The molecule has 0 spiro atoms. The molecular formula is C5H7ClFN3. The minimum Gasteiger partial charge on any atom is -0.306 e. The van der Waals surface area contributed by atoms with E-state index < -0.39 is 5.82 Å². The standard InChI is InChI=1S/C5H6FN3.ClH/c6-4-2-1-3-8-5(4)9-7;/h1-3H,7H2,(H,8,9);1H. The van der Waals surface area contributed by atoms with Crippen molar-refractivity contribution in [1.82, 2.24) is 4.98 Å². The van der Waals surface area contributed by atoms with Gasteiger partial charge in [-0.25, -0.2) is 15.2 Å². The number of aromatic nitrogens is 1. The van der Waals surface area contributed by atoms with Gasteiger partial charge in [0.15, 0.2) is 11.6 Å². The van der Waals surface area contributed by atoms with Crippen LogP contribution in [0.3, 0.4) is 0 Å². The monoisotopic (exact) mass is 163 g/mol. The molecule has 0 saturated carbocycles. The van der Waals surface area contributed by atoms with Crippen molar-refractivity contribution < 1.29 is 4.39 Å². The molecule has 5 heteroatoms. The maximum absolute atomic E-state index is 12.4. The Balaban J connectivity index is 0.000000810. The van der Waals surface area contributed by atoms with Crippen molar-refractivity contribution in [3.8, 4) is 0 Å². The maximum atomic E-state index is 12.4. The summed E-state index contributed by atoms with van der Waals surface area (Å²) in [5.74, 6) is 4.52. The summed E-state index contributed by atoms with van der Waals surface area (Å²) in [5.41, 5.74) is 2.11. The molecule has 0 aromatic carbocycles. The van der Waals surface area contributed by atoms with E-state index >= 15 is 0 Å². The molecule has 0 bridgehead atoms. The SMILES string of the molecule is Cl.NNc1ncccc1F. The smallest absolute Gasteiger partial charge is 0.176 e. The summed E-state index contributed by atoms with van der Waals surface area (Å²) in [7, 11) is 0. The van der Waals surface area contributed by atoms with Crippen LogP contribution in [0.25, 0.3) is 0 Å². The van der Waals surface area contributed by atoms with Crippen molar-refractivity contribution in [2.24, 2.45) is 5.84 Å². The number of nitrogen functional groups attached to an aromatic ring is 1. The van der Waals surface area contributed by atoms with Crippen LogP contribution in [-0.4, -0.2) is 4.98 Å². The Hall–Kier alpha value is -0.870. The average Bonchev–Trinajstić information content (AvgIpc) is 1.89. The van der Waals surface area contributed by atoms with Crippen LogP contribution in [0.4, 0.5) is 10.2 Å². The lowest BCUT2D eigenvalue weighted by Crippen LogP contribution is -2.09. The van der Waals surface area contributed by atoms with Gasteiger partial charge in [0, 0.05) is 6.20 Å².